The number of hydrogen-bond donors (Lipinski definition) is 0. The van der Waals surface area contributed by atoms with Crippen LogP contribution in [-0.4, -0.2) is 26.2 Å². The van der Waals surface area contributed by atoms with E-state index in [0.717, 1.165) is 32.6 Å². The first kappa shape index (κ1) is 20.2. The molecule has 1 aliphatic rings. The Morgan fingerprint density at radius 3 is 2.04 bits per heavy atom. The van der Waals surface area contributed by atoms with Crippen LogP contribution < -0.4 is 13.1 Å². The first-order chi connectivity index (χ1) is 12.5. The molecule has 0 N–H and O–H groups in total. The molecule has 0 atom stereocenters. The zero-order valence-corrected chi connectivity index (χ0v) is 20.0. The number of hydrogen-bond acceptors (Lipinski definition) is 2. The van der Waals surface area contributed by atoms with Crippen molar-refractivity contribution in [1.29, 1.82) is 0 Å². The van der Waals surface area contributed by atoms with Crippen molar-refractivity contribution in [3.05, 3.63) is 41.5 Å². The second-order valence-electron chi connectivity index (χ2n) is 6.61. The summed E-state index contributed by atoms with van der Waals surface area (Å²) in [5.74, 6) is 0. The average molecular weight is 470 g/mol. The molecule has 0 radical (unpaired) electrons. The Bertz CT molecular complexity index is 784. The van der Waals surface area contributed by atoms with Crippen molar-refractivity contribution < 1.29 is 19.4 Å². The minimum absolute atomic E-state index is 0.952. The van der Waals surface area contributed by atoms with Crippen LogP contribution >= 0.6 is 17.0 Å². The Kier molecular flexibility index (Phi) is 6.75. The molecule has 26 heavy (non-hydrogen) atoms. The van der Waals surface area contributed by atoms with Gasteiger partial charge in [0.05, 0.1) is 0 Å². The quantitative estimate of drug-likeness (QED) is 0.451. The fourth-order valence-electron chi connectivity index (χ4n) is 4.08. The molecular formula is C21H27Cl2N2Zr. The molecule has 3 rings (SSSR count). The SMILES string of the molecule is CCN(CC)c1ccc2c(c1)Cc1c-2ccc(N(CC)CC)[c]1[Zr]([Cl])[Cl]. The van der Waals surface area contributed by atoms with Crippen molar-refractivity contribution in [3.63, 3.8) is 0 Å². The number of anilines is 2. The van der Waals surface area contributed by atoms with Crippen LogP contribution in [0.2, 0.25) is 0 Å². The third kappa shape index (κ3) is 3.60. The Morgan fingerprint density at radius 2 is 1.46 bits per heavy atom. The summed E-state index contributed by atoms with van der Waals surface area (Å²) in [4.78, 5) is 4.78. The van der Waals surface area contributed by atoms with Gasteiger partial charge in [0.2, 0.25) is 0 Å². The van der Waals surface area contributed by atoms with Gasteiger partial charge in [-0.3, -0.25) is 0 Å². The maximum absolute atomic E-state index is 6.65. The molecule has 0 heterocycles. The monoisotopic (exact) mass is 467 g/mol. The van der Waals surface area contributed by atoms with Crippen LogP contribution in [0, 0.1) is 0 Å². The van der Waals surface area contributed by atoms with Crippen LogP contribution in [0.15, 0.2) is 30.3 Å². The zero-order valence-electron chi connectivity index (χ0n) is 16.1. The van der Waals surface area contributed by atoms with Gasteiger partial charge in [-0.15, -0.1) is 0 Å². The molecule has 0 saturated heterocycles. The predicted octanol–water partition coefficient (Wildman–Crippen LogP) is 5.50. The van der Waals surface area contributed by atoms with Crippen LogP contribution in [-0.2, 0) is 25.8 Å². The van der Waals surface area contributed by atoms with E-state index >= 15 is 0 Å². The fraction of sp³-hybridized carbons (Fsp3) is 0.429. The van der Waals surface area contributed by atoms with E-state index < -0.39 is 19.4 Å². The van der Waals surface area contributed by atoms with E-state index in [4.69, 9.17) is 17.0 Å². The zero-order chi connectivity index (χ0) is 18.8. The molecule has 0 saturated carbocycles. The molecule has 0 spiro atoms. The summed E-state index contributed by atoms with van der Waals surface area (Å²) in [6.07, 6.45) is 0.952. The summed E-state index contributed by atoms with van der Waals surface area (Å²) in [6.45, 7) is 12.8. The molecule has 5 heteroatoms. The van der Waals surface area contributed by atoms with Crippen LogP contribution in [0.3, 0.4) is 0 Å². The normalized spacial score (nSPS) is 11.9. The van der Waals surface area contributed by atoms with Gasteiger partial charge in [0.25, 0.3) is 0 Å². The van der Waals surface area contributed by atoms with Gasteiger partial charge in [-0.25, -0.2) is 0 Å². The summed E-state index contributed by atoms with van der Waals surface area (Å²) in [5, 5.41) is 0. The van der Waals surface area contributed by atoms with Gasteiger partial charge < -0.3 is 0 Å². The molecule has 0 bridgehead atoms. The summed E-state index contributed by atoms with van der Waals surface area (Å²) >= 11 is -2.59. The summed E-state index contributed by atoms with van der Waals surface area (Å²) in [6, 6.07) is 11.4. The second-order valence-corrected chi connectivity index (χ2v) is 14.7. The molecule has 2 aromatic rings. The van der Waals surface area contributed by atoms with Gasteiger partial charge in [-0.1, -0.05) is 0 Å². The van der Waals surface area contributed by atoms with E-state index in [1.165, 1.54) is 36.9 Å². The van der Waals surface area contributed by atoms with Gasteiger partial charge in [0.15, 0.2) is 0 Å². The van der Waals surface area contributed by atoms with Crippen molar-refractivity contribution in [2.24, 2.45) is 0 Å². The fourth-order valence-corrected chi connectivity index (χ4v) is 8.75. The third-order valence-corrected chi connectivity index (χ3v) is 10.00. The van der Waals surface area contributed by atoms with E-state index in [2.05, 4.69) is 67.8 Å². The molecule has 0 unspecified atom stereocenters. The van der Waals surface area contributed by atoms with Crippen molar-refractivity contribution in [3.8, 4) is 11.1 Å². The third-order valence-electron chi connectivity index (χ3n) is 5.46. The van der Waals surface area contributed by atoms with E-state index in [0.29, 0.717) is 0 Å². The number of nitrogens with zero attached hydrogens (tertiary/aromatic N) is 2. The minimum atomic E-state index is -2.59. The number of benzene rings is 2. The summed E-state index contributed by atoms with van der Waals surface area (Å²) in [5.41, 5.74) is 8.02. The molecule has 1 aliphatic carbocycles. The van der Waals surface area contributed by atoms with Crippen LogP contribution in [0.25, 0.3) is 11.1 Å². The first-order valence-electron chi connectivity index (χ1n) is 9.52. The molecule has 0 aliphatic heterocycles. The van der Waals surface area contributed by atoms with Crippen molar-refractivity contribution in [1.82, 2.24) is 0 Å². The molecule has 2 aromatic carbocycles. The second kappa shape index (κ2) is 8.67. The van der Waals surface area contributed by atoms with Gasteiger partial charge in [0.1, 0.15) is 0 Å². The first-order valence-corrected chi connectivity index (χ1v) is 17.1. The predicted molar refractivity (Wildman–Crippen MR) is 113 cm³/mol. The van der Waals surface area contributed by atoms with Crippen LogP contribution in [0.5, 0.6) is 0 Å². The van der Waals surface area contributed by atoms with E-state index in [-0.39, 0.29) is 0 Å². The Morgan fingerprint density at radius 1 is 0.846 bits per heavy atom. The average Bonchev–Trinajstić information content (AvgIpc) is 3.01. The molecule has 0 aromatic heterocycles. The van der Waals surface area contributed by atoms with Gasteiger partial charge in [0, 0.05) is 0 Å². The Hall–Kier alpha value is -0.497. The van der Waals surface area contributed by atoms with Gasteiger partial charge >= 0.3 is 174 Å². The van der Waals surface area contributed by atoms with E-state index in [1.54, 1.807) is 0 Å². The number of halogens is 2. The maximum atomic E-state index is 6.65. The Labute approximate surface area is 172 Å². The Balaban J connectivity index is 2.09. The van der Waals surface area contributed by atoms with Crippen LogP contribution in [0.4, 0.5) is 11.4 Å². The molecule has 0 amide bonds. The van der Waals surface area contributed by atoms with Gasteiger partial charge in [-0.2, -0.15) is 0 Å². The van der Waals surface area contributed by atoms with Crippen LogP contribution in [0.1, 0.15) is 38.8 Å². The molecular weight excluding hydrogens is 442 g/mol. The topological polar surface area (TPSA) is 6.48 Å². The number of rotatable bonds is 7. The molecule has 0 fully saturated rings. The summed E-state index contributed by atoms with van der Waals surface area (Å²) < 4.78 is 1.28. The van der Waals surface area contributed by atoms with Crippen molar-refractivity contribution in [2.45, 2.75) is 34.1 Å². The van der Waals surface area contributed by atoms with E-state index in [9.17, 15) is 0 Å². The molecule has 2 nitrogen and oxygen atoms in total. The molecule has 139 valence electrons. The summed E-state index contributed by atoms with van der Waals surface area (Å²) in [7, 11) is 13.3. The van der Waals surface area contributed by atoms with Crippen molar-refractivity contribution >= 4 is 31.7 Å². The van der Waals surface area contributed by atoms with Crippen molar-refractivity contribution in [2.75, 3.05) is 36.0 Å². The van der Waals surface area contributed by atoms with Gasteiger partial charge in [-0.05, 0) is 0 Å². The van der Waals surface area contributed by atoms with E-state index in [1.807, 2.05) is 0 Å². The number of fused-ring (bicyclic) bond motifs is 3. The standard InChI is InChI=1S/C21H27N2.2ClH.Zr/c1-5-22(6-2)18-9-11-20-16(14-18)13-17-15-19(10-12-21(17)20)23(7-3)8-4;;;/h9-12,14H,5-8,13H2,1-4H3;2*1H;/q;;;+2/p-2.